The van der Waals surface area contributed by atoms with Crippen LogP contribution in [0.15, 0.2) is 24.3 Å². The van der Waals surface area contributed by atoms with Crippen LogP contribution in [-0.4, -0.2) is 44.8 Å². The number of quaternary nitrogens is 1. The lowest BCUT2D eigenvalue weighted by molar-refractivity contribution is -0.870. The summed E-state index contributed by atoms with van der Waals surface area (Å²) in [5.74, 6) is -0.527. The van der Waals surface area contributed by atoms with Crippen LogP contribution in [-0.2, 0) is 14.9 Å². The number of carbonyl (C=O) groups excluding carboxylic acids is 1. The molecule has 112 valence electrons. The van der Waals surface area contributed by atoms with Gasteiger partial charge in [-0.25, -0.2) is 8.42 Å². The fourth-order valence-electron chi connectivity index (χ4n) is 1.76. The molecule has 1 unspecified atom stereocenters. The number of benzene rings is 1. The summed E-state index contributed by atoms with van der Waals surface area (Å²) >= 11 is 0. The maximum atomic E-state index is 11.8. The minimum Gasteiger partial charge on any atom is -0.748 e. The zero-order valence-electron chi connectivity index (χ0n) is 11.7. The van der Waals surface area contributed by atoms with Crippen molar-refractivity contribution in [3.05, 3.63) is 29.8 Å². The van der Waals surface area contributed by atoms with E-state index in [1.165, 1.54) is 0 Å². The number of amides is 1. The Morgan fingerprint density at radius 3 is 2.45 bits per heavy atom. The topological polar surface area (TPSA) is 90.7 Å². The lowest BCUT2D eigenvalue weighted by Crippen LogP contribution is -3.10. The average Bonchev–Trinajstić information content (AvgIpc) is 2.30. The second kappa shape index (κ2) is 7.37. The second-order valence-electron chi connectivity index (χ2n) is 4.91. The van der Waals surface area contributed by atoms with Crippen LogP contribution < -0.4 is 10.2 Å². The summed E-state index contributed by atoms with van der Waals surface area (Å²) in [6, 6.07) is 7.47. The smallest absolute Gasteiger partial charge is 0.279 e. The Labute approximate surface area is 119 Å². The molecular weight excluding hydrogens is 280 g/mol. The van der Waals surface area contributed by atoms with Gasteiger partial charge in [0.05, 0.1) is 23.7 Å². The van der Waals surface area contributed by atoms with Crippen molar-refractivity contribution in [1.82, 2.24) is 0 Å². The third kappa shape index (κ3) is 7.22. The summed E-state index contributed by atoms with van der Waals surface area (Å²) in [5.41, 5.74) is 1.85. The number of hydrogen-bond donors (Lipinski definition) is 2. The van der Waals surface area contributed by atoms with Crippen molar-refractivity contribution >= 4 is 21.7 Å². The van der Waals surface area contributed by atoms with Gasteiger partial charge in [0.15, 0.2) is 6.54 Å². The number of nitrogens with one attached hydrogen (secondary N) is 2. The monoisotopic (exact) mass is 300 g/mol. The fourth-order valence-corrected chi connectivity index (χ4v) is 2.25. The van der Waals surface area contributed by atoms with Crippen molar-refractivity contribution in [2.45, 2.75) is 13.3 Å². The van der Waals surface area contributed by atoms with Gasteiger partial charge < -0.3 is 14.8 Å². The zero-order valence-corrected chi connectivity index (χ0v) is 12.5. The summed E-state index contributed by atoms with van der Waals surface area (Å²) in [5, 5.41) is 2.77. The number of rotatable bonds is 7. The van der Waals surface area contributed by atoms with Crippen LogP contribution >= 0.6 is 0 Å². The fraction of sp³-hybridized carbons (Fsp3) is 0.462. The first-order valence-electron chi connectivity index (χ1n) is 6.37. The summed E-state index contributed by atoms with van der Waals surface area (Å²) in [6.45, 7) is 2.66. The number of likely N-dealkylation sites (N-methyl/N-ethyl adjacent to an activating group) is 1. The van der Waals surface area contributed by atoms with Crippen LogP contribution in [0.2, 0.25) is 0 Å². The Morgan fingerprint density at radius 1 is 1.30 bits per heavy atom. The molecule has 0 saturated carbocycles. The zero-order chi connectivity index (χ0) is 15.2. The van der Waals surface area contributed by atoms with Crippen molar-refractivity contribution in [3.63, 3.8) is 0 Å². The highest BCUT2D eigenvalue weighted by Crippen LogP contribution is 2.07. The van der Waals surface area contributed by atoms with Gasteiger partial charge in [-0.1, -0.05) is 17.7 Å². The van der Waals surface area contributed by atoms with Crippen LogP contribution in [0.3, 0.4) is 0 Å². The summed E-state index contributed by atoms with van der Waals surface area (Å²) < 4.78 is 31.4. The molecule has 0 radical (unpaired) electrons. The Hall–Kier alpha value is -1.44. The van der Waals surface area contributed by atoms with E-state index in [-0.39, 0.29) is 24.6 Å². The quantitative estimate of drug-likeness (QED) is 0.657. The molecule has 7 heteroatoms. The molecule has 0 aromatic heterocycles. The molecule has 1 amide bonds. The second-order valence-corrected chi connectivity index (χ2v) is 6.44. The molecule has 0 heterocycles. The van der Waals surface area contributed by atoms with Gasteiger partial charge in [-0.05, 0) is 19.1 Å². The lowest BCUT2D eigenvalue weighted by Gasteiger charge is -2.14. The number of carbonyl (C=O) groups is 1. The van der Waals surface area contributed by atoms with Crippen LogP contribution in [0.5, 0.6) is 0 Å². The van der Waals surface area contributed by atoms with Gasteiger partial charge in [-0.2, -0.15) is 0 Å². The van der Waals surface area contributed by atoms with Gasteiger partial charge in [0, 0.05) is 17.9 Å². The van der Waals surface area contributed by atoms with Gasteiger partial charge >= 0.3 is 0 Å². The van der Waals surface area contributed by atoms with E-state index in [0.717, 1.165) is 16.2 Å². The number of aryl methyl sites for hydroxylation is 1. The largest absolute Gasteiger partial charge is 0.748 e. The Kier molecular flexibility index (Phi) is 6.12. The van der Waals surface area contributed by atoms with Crippen molar-refractivity contribution in [2.24, 2.45) is 0 Å². The van der Waals surface area contributed by atoms with Gasteiger partial charge in [0.1, 0.15) is 0 Å². The van der Waals surface area contributed by atoms with Crippen LogP contribution in [0, 0.1) is 6.92 Å². The maximum Gasteiger partial charge on any atom is 0.279 e. The predicted molar refractivity (Wildman–Crippen MR) is 75.6 cm³/mol. The first kappa shape index (κ1) is 16.6. The minimum absolute atomic E-state index is 0.142. The first-order chi connectivity index (χ1) is 9.26. The van der Waals surface area contributed by atoms with Crippen LogP contribution in [0.1, 0.15) is 12.0 Å². The average molecular weight is 300 g/mol. The Morgan fingerprint density at radius 2 is 1.90 bits per heavy atom. The minimum atomic E-state index is -4.16. The molecule has 1 aromatic carbocycles. The summed E-state index contributed by atoms with van der Waals surface area (Å²) in [4.78, 5) is 12.6. The highest BCUT2D eigenvalue weighted by atomic mass is 32.2. The molecule has 20 heavy (non-hydrogen) atoms. The third-order valence-corrected chi connectivity index (χ3v) is 3.58. The maximum absolute atomic E-state index is 11.8. The molecule has 0 saturated heterocycles. The van der Waals surface area contributed by atoms with Gasteiger partial charge in [-0.15, -0.1) is 0 Å². The predicted octanol–water partition coefficient (Wildman–Crippen LogP) is -0.616. The first-order valence-corrected chi connectivity index (χ1v) is 7.95. The Bertz CT molecular complexity index is 540. The van der Waals surface area contributed by atoms with E-state index in [1.54, 1.807) is 7.05 Å². The number of hydrogen-bond acceptors (Lipinski definition) is 4. The van der Waals surface area contributed by atoms with E-state index in [0.29, 0.717) is 6.54 Å². The molecule has 0 aliphatic carbocycles. The highest BCUT2D eigenvalue weighted by molar-refractivity contribution is 7.85. The summed E-state index contributed by atoms with van der Waals surface area (Å²) in [7, 11) is -2.38. The van der Waals surface area contributed by atoms with Gasteiger partial charge in [0.25, 0.3) is 5.91 Å². The summed E-state index contributed by atoms with van der Waals surface area (Å²) in [6.07, 6.45) is 0.259. The van der Waals surface area contributed by atoms with Crippen LogP contribution in [0.25, 0.3) is 0 Å². The van der Waals surface area contributed by atoms with Crippen LogP contribution in [0.4, 0.5) is 5.69 Å². The molecule has 0 aliphatic heterocycles. The molecule has 0 fully saturated rings. The molecule has 0 aliphatic rings. The van der Waals surface area contributed by atoms with E-state index in [1.807, 2.05) is 31.2 Å². The van der Waals surface area contributed by atoms with E-state index >= 15 is 0 Å². The molecule has 1 aromatic rings. The van der Waals surface area contributed by atoms with Crippen molar-refractivity contribution in [3.8, 4) is 0 Å². The van der Waals surface area contributed by atoms with Gasteiger partial charge in [0.2, 0.25) is 0 Å². The molecule has 1 rings (SSSR count). The van der Waals surface area contributed by atoms with E-state index in [9.17, 15) is 17.8 Å². The molecule has 0 bridgehead atoms. The molecule has 6 nitrogen and oxygen atoms in total. The molecule has 0 spiro atoms. The molecule has 1 atom stereocenters. The Balaban J connectivity index is 2.32. The van der Waals surface area contributed by atoms with E-state index < -0.39 is 10.1 Å². The normalized spacial score (nSPS) is 12.9. The standard InChI is InChI=1S/C13H20N2O4S/c1-11-4-6-12(7-5-11)14-13(16)10-15(2)8-3-9-20(17,18)19/h4-7H,3,8-10H2,1-2H3,(H,14,16)(H,17,18,19). The highest BCUT2D eigenvalue weighted by Gasteiger charge is 2.10. The van der Waals surface area contributed by atoms with Crippen molar-refractivity contribution in [2.75, 3.05) is 31.2 Å². The molecular formula is C13H20N2O4S. The van der Waals surface area contributed by atoms with Crippen molar-refractivity contribution < 1.29 is 22.7 Å². The van der Waals surface area contributed by atoms with Gasteiger partial charge in [-0.3, -0.25) is 4.79 Å². The van der Waals surface area contributed by atoms with Crippen molar-refractivity contribution in [1.29, 1.82) is 0 Å². The molecule has 2 N–H and O–H groups in total. The number of anilines is 1. The lowest BCUT2D eigenvalue weighted by atomic mass is 10.2. The SMILES string of the molecule is Cc1ccc(NC(=O)C[NH+](C)CCCS(=O)(=O)[O-])cc1. The van der Waals surface area contributed by atoms with E-state index in [2.05, 4.69) is 5.32 Å². The third-order valence-electron chi connectivity index (χ3n) is 2.80. The van der Waals surface area contributed by atoms with E-state index in [4.69, 9.17) is 0 Å².